The molecule has 0 aliphatic heterocycles. The van der Waals surface area contributed by atoms with Crippen LogP contribution in [0.4, 0.5) is 0 Å². The quantitative estimate of drug-likeness (QED) is 0.493. The van der Waals surface area contributed by atoms with E-state index < -0.39 is 0 Å². The molecule has 0 fully saturated rings. The molecule has 118 valence electrons. The lowest BCUT2D eigenvalue weighted by atomic mass is 10.0. The van der Waals surface area contributed by atoms with Gasteiger partial charge < -0.3 is 9.47 Å². The third kappa shape index (κ3) is 4.07. The predicted molar refractivity (Wildman–Crippen MR) is 96.8 cm³/mol. The third-order valence-corrected chi connectivity index (χ3v) is 4.18. The summed E-state index contributed by atoms with van der Waals surface area (Å²) in [4.78, 5) is 0. The van der Waals surface area contributed by atoms with Crippen LogP contribution in [0.1, 0.15) is 18.1 Å². The van der Waals surface area contributed by atoms with E-state index in [1.54, 1.807) is 19.3 Å². The number of hydrogen-bond acceptors (Lipinski definition) is 3. The molecule has 0 radical (unpaired) electrons. The molecule has 0 aliphatic rings. The molecule has 2 aromatic carbocycles. The molecule has 0 aromatic heterocycles. The van der Waals surface area contributed by atoms with Gasteiger partial charge in [-0.25, -0.2) is 0 Å². The predicted octanol–water partition coefficient (Wildman–Crippen LogP) is 5.57. The van der Waals surface area contributed by atoms with Crippen LogP contribution in [-0.4, -0.2) is 13.7 Å². The summed E-state index contributed by atoms with van der Waals surface area (Å²) in [6.45, 7) is 2.43. The molecule has 0 heterocycles. The molecule has 0 bridgehead atoms. The Bertz CT molecular complexity index is 781. The topological polar surface area (TPSA) is 42.2 Å². The van der Waals surface area contributed by atoms with Gasteiger partial charge in [0.15, 0.2) is 11.5 Å². The highest BCUT2D eigenvalue weighted by Crippen LogP contribution is 2.36. The zero-order valence-corrected chi connectivity index (χ0v) is 15.1. The van der Waals surface area contributed by atoms with Gasteiger partial charge in [0.25, 0.3) is 0 Å². The Hall–Kier alpha value is -1.96. The van der Waals surface area contributed by atoms with Crippen molar-refractivity contribution in [3.8, 4) is 17.6 Å². The van der Waals surface area contributed by atoms with Gasteiger partial charge in [0, 0.05) is 15.1 Å². The Morgan fingerprint density at radius 1 is 1.30 bits per heavy atom. The Balaban J connectivity index is 2.54. The van der Waals surface area contributed by atoms with E-state index in [0.29, 0.717) is 34.3 Å². The number of methoxy groups -OCH3 is 1. The van der Waals surface area contributed by atoms with Gasteiger partial charge >= 0.3 is 0 Å². The normalized spacial score (nSPS) is 11.0. The molecule has 23 heavy (non-hydrogen) atoms. The summed E-state index contributed by atoms with van der Waals surface area (Å²) >= 11 is 9.68. The average Bonchev–Trinajstić information content (AvgIpc) is 2.56. The second kappa shape index (κ2) is 8.05. The molecule has 0 spiro atoms. The molecule has 0 saturated carbocycles. The number of halogens is 2. The van der Waals surface area contributed by atoms with Gasteiger partial charge in [0.1, 0.15) is 0 Å². The summed E-state index contributed by atoms with van der Waals surface area (Å²) in [6, 6.07) is 13.1. The zero-order valence-electron chi connectivity index (χ0n) is 12.8. The van der Waals surface area contributed by atoms with Crippen molar-refractivity contribution in [2.45, 2.75) is 6.92 Å². The van der Waals surface area contributed by atoms with Gasteiger partial charge in [0.2, 0.25) is 0 Å². The molecule has 5 heteroatoms. The summed E-state index contributed by atoms with van der Waals surface area (Å²) < 4.78 is 11.7. The minimum absolute atomic E-state index is 0.476. The summed E-state index contributed by atoms with van der Waals surface area (Å²) in [5, 5.41) is 10.0. The molecule has 0 N–H and O–H groups in total. The van der Waals surface area contributed by atoms with Gasteiger partial charge in [-0.05, 0) is 36.8 Å². The number of nitrogens with zero attached hydrogens (tertiary/aromatic N) is 1. The zero-order chi connectivity index (χ0) is 16.8. The van der Waals surface area contributed by atoms with Crippen LogP contribution in [0.15, 0.2) is 40.9 Å². The fourth-order valence-corrected chi connectivity index (χ4v) is 2.77. The van der Waals surface area contributed by atoms with Gasteiger partial charge in [-0.15, -0.1) is 0 Å². The highest BCUT2D eigenvalue weighted by Gasteiger charge is 2.11. The van der Waals surface area contributed by atoms with E-state index >= 15 is 0 Å². The van der Waals surface area contributed by atoms with Gasteiger partial charge in [-0.2, -0.15) is 5.26 Å². The molecule has 0 saturated heterocycles. The van der Waals surface area contributed by atoms with Crippen LogP contribution < -0.4 is 9.47 Å². The van der Waals surface area contributed by atoms with E-state index in [1.807, 2.05) is 37.3 Å². The van der Waals surface area contributed by atoms with E-state index in [4.69, 9.17) is 21.1 Å². The molecule has 3 nitrogen and oxygen atoms in total. The maximum atomic E-state index is 9.48. The number of benzene rings is 2. The lowest BCUT2D eigenvalue weighted by Gasteiger charge is -2.12. The van der Waals surface area contributed by atoms with Gasteiger partial charge in [0.05, 0.1) is 25.4 Å². The Morgan fingerprint density at radius 3 is 2.65 bits per heavy atom. The lowest BCUT2D eigenvalue weighted by Crippen LogP contribution is -1.96. The summed E-state index contributed by atoms with van der Waals surface area (Å²) in [7, 11) is 1.59. The maximum absolute atomic E-state index is 9.48. The summed E-state index contributed by atoms with van der Waals surface area (Å²) in [6.07, 6.45) is 1.77. The first-order chi connectivity index (χ1) is 11.1. The van der Waals surface area contributed by atoms with Crippen LogP contribution in [0.2, 0.25) is 5.02 Å². The lowest BCUT2D eigenvalue weighted by molar-refractivity contribution is 0.310. The summed E-state index contributed by atoms with van der Waals surface area (Å²) in [5.41, 5.74) is 1.98. The van der Waals surface area contributed by atoms with E-state index in [9.17, 15) is 5.26 Å². The van der Waals surface area contributed by atoms with Crippen molar-refractivity contribution in [1.29, 1.82) is 5.26 Å². The first-order valence-corrected chi connectivity index (χ1v) is 8.14. The Kier molecular flexibility index (Phi) is 6.09. The van der Waals surface area contributed by atoms with Crippen LogP contribution >= 0.6 is 27.5 Å². The third-order valence-electron chi connectivity index (χ3n) is 3.17. The minimum Gasteiger partial charge on any atom is -0.493 e. The van der Waals surface area contributed by atoms with Crippen LogP contribution in [-0.2, 0) is 0 Å². The molecule has 0 atom stereocenters. The van der Waals surface area contributed by atoms with Gasteiger partial charge in [-0.1, -0.05) is 45.7 Å². The largest absolute Gasteiger partial charge is 0.493 e. The molecular formula is C18H15BrClNO2. The minimum atomic E-state index is 0.476. The standard InChI is InChI=1S/C18H15BrClNO2/c1-3-23-18-9-12(15(19)10-17(18)22-2)8-13(11-21)14-6-4-5-7-16(14)20/h4-10H,3H2,1-2H3/b13-8+. The fourth-order valence-electron chi connectivity index (χ4n) is 2.09. The molecule has 2 rings (SSSR count). The van der Waals surface area contributed by atoms with Crippen LogP contribution in [0.25, 0.3) is 11.6 Å². The Labute approximate surface area is 149 Å². The van der Waals surface area contributed by atoms with Crippen molar-refractivity contribution >= 4 is 39.2 Å². The number of ether oxygens (including phenoxy) is 2. The van der Waals surface area contributed by atoms with Gasteiger partial charge in [-0.3, -0.25) is 0 Å². The van der Waals surface area contributed by atoms with Crippen molar-refractivity contribution in [1.82, 2.24) is 0 Å². The first-order valence-electron chi connectivity index (χ1n) is 6.97. The van der Waals surface area contributed by atoms with Crippen LogP contribution in [0.3, 0.4) is 0 Å². The number of rotatable bonds is 5. The molecular weight excluding hydrogens is 378 g/mol. The van der Waals surface area contributed by atoms with E-state index in [2.05, 4.69) is 22.0 Å². The van der Waals surface area contributed by atoms with Crippen molar-refractivity contribution in [2.75, 3.05) is 13.7 Å². The highest BCUT2D eigenvalue weighted by atomic mass is 79.9. The SMILES string of the molecule is CCOc1cc(/C=C(\C#N)c2ccccc2Cl)c(Br)cc1OC. The monoisotopic (exact) mass is 391 g/mol. The van der Waals surface area contributed by atoms with Crippen molar-refractivity contribution in [3.05, 3.63) is 57.0 Å². The second-order valence-electron chi connectivity index (χ2n) is 4.61. The second-order valence-corrected chi connectivity index (χ2v) is 5.87. The van der Waals surface area contributed by atoms with Crippen molar-refractivity contribution in [2.24, 2.45) is 0 Å². The number of allylic oxidation sites excluding steroid dienone is 1. The summed E-state index contributed by atoms with van der Waals surface area (Å²) in [5.74, 6) is 1.26. The Morgan fingerprint density at radius 2 is 2.04 bits per heavy atom. The number of nitriles is 1. The average molecular weight is 393 g/mol. The first kappa shape index (κ1) is 17.4. The smallest absolute Gasteiger partial charge is 0.161 e. The molecule has 0 amide bonds. The maximum Gasteiger partial charge on any atom is 0.161 e. The van der Waals surface area contributed by atoms with E-state index in [1.165, 1.54) is 0 Å². The van der Waals surface area contributed by atoms with E-state index in [0.717, 1.165) is 10.0 Å². The number of hydrogen-bond donors (Lipinski definition) is 0. The molecule has 0 unspecified atom stereocenters. The molecule has 2 aromatic rings. The van der Waals surface area contributed by atoms with E-state index in [-0.39, 0.29) is 0 Å². The highest BCUT2D eigenvalue weighted by molar-refractivity contribution is 9.10. The van der Waals surface area contributed by atoms with Crippen molar-refractivity contribution < 1.29 is 9.47 Å². The van der Waals surface area contributed by atoms with Crippen LogP contribution in [0.5, 0.6) is 11.5 Å². The van der Waals surface area contributed by atoms with Crippen molar-refractivity contribution in [3.63, 3.8) is 0 Å². The fraction of sp³-hybridized carbons (Fsp3) is 0.167. The molecule has 0 aliphatic carbocycles. The van der Waals surface area contributed by atoms with Crippen LogP contribution in [0, 0.1) is 11.3 Å².